The van der Waals surface area contributed by atoms with Crippen molar-refractivity contribution in [2.24, 2.45) is 5.92 Å². The van der Waals surface area contributed by atoms with Crippen molar-refractivity contribution in [3.63, 3.8) is 0 Å². The van der Waals surface area contributed by atoms with Gasteiger partial charge in [0.2, 0.25) is 0 Å². The maximum Gasteiger partial charge on any atom is 0.123 e. The van der Waals surface area contributed by atoms with Crippen LogP contribution in [-0.2, 0) is 24.4 Å². The van der Waals surface area contributed by atoms with Gasteiger partial charge in [0.05, 0.1) is 19.3 Å². The number of ether oxygens (including phenoxy) is 1. The van der Waals surface area contributed by atoms with Crippen molar-refractivity contribution in [2.45, 2.75) is 46.1 Å². The maximum absolute atomic E-state index is 13.6. The molecule has 0 saturated heterocycles. The lowest BCUT2D eigenvalue weighted by molar-refractivity contribution is 0.00757. The molecule has 5 heteroatoms. The largest absolute Gasteiger partial charge is 0.389 e. The average molecular weight is 439 g/mol. The first-order valence-electron chi connectivity index (χ1n) is 11.4. The van der Waals surface area contributed by atoms with Gasteiger partial charge < -0.3 is 14.4 Å². The lowest BCUT2D eigenvalue weighted by Crippen LogP contribution is -2.36. The molecule has 0 fully saturated rings. The van der Waals surface area contributed by atoms with E-state index in [1.165, 1.54) is 6.07 Å². The standard InChI is InChI=1S/C27H35FN2O2/c1-22(2)13-15-29(19-27(31)21-32-20-23-8-4-3-5-9-23)18-26-12-7-14-30(26)17-24-10-6-11-25(28)16-24/h3-12,14,16,22,27,31H,13,15,17-21H2,1-2H3. The second-order valence-corrected chi connectivity index (χ2v) is 8.83. The minimum absolute atomic E-state index is 0.214. The Morgan fingerprint density at radius 2 is 1.78 bits per heavy atom. The van der Waals surface area contributed by atoms with Gasteiger partial charge in [0.15, 0.2) is 0 Å². The van der Waals surface area contributed by atoms with E-state index in [0.717, 1.165) is 36.3 Å². The molecule has 1 aromatic heterocycles. The quantitative estimate of drug-likeness (QED) is 0.403. The zero-order chi connectivity index (χ0) is 22.8. The first-order chi connectivity index (χ1) is 15.5. The third-order valence-corrected chi connectivity index (χ3v) is 5.46. The van der Waals surface area contributed by atoms with Gasteiger partial charge >= 0.3 is 0 Å². The van der Waals surface area contributed by atoms with Crippen LogP contribution >= 0.6 is 0 Å². The van der Waals surface area contributed by atoms with Gasteiger partial charge in [-0.15, -0.1) is 0 Å². The number of hydrogen-bond donors (Lipinski definition) is 1. The van der Waals surface area contributed by atoms with Crippen molar-refractivity contribution in [3.8, 4) is 0 Å². The lowest BCUT2D eigenvalue weighted by atomic mass is 10.1. The molecule has 0 bridgehead atoms. The fourth-order valence-electron chi connectivity index (χ4n) is 3.72. The van der Waals surface area contributed by atoms with E-state index in [9.17, 15) is 9.50 Å². The summed E-state index contributed by atoms with van der Waals surface area (Å²) in [7, 11) is 0. The van der Waals surface area contributed by atoms with E-state index in [0.29, 0.717) is 32.2 Å². The topological polar surface area (TPSA) is 37.6 Å². The van der Waals surface area contributed by atoms with Crippen LogP contribution in [0.3, 0.4) is 0 Å². The summed E-state index contributed by atoms with van der Waals surface area (Å²) < 4.78 is 21.5. The molecule has 1 N–H and O–H groups in total. The molecule has 0 aliphatic carbocycles. The molecule has 3 aromatic rings. The Morgan fingerprint density at radius 1 is 1.00 bits per heavy atom. The zero-order valence-corrected chi connectivity index (χ0v) is 19.2. The van der Waals surface area contributed by atoms with Crippen molar-refractivity contribution in [1.29, 1.82) is 0 Å². The Kier molecular flexibility index (Phi) is 9.47. The van der Waals surface area contributed by atoms with Crippen molar-refractivity contribution in [3.05, 3.63) is 95.6 Å². The molecule has 0 aliphatic rings. The van der Waals surface area contributed by atoms with Gasteiger partial charge in [-0.1, -0.05) is 56.3 Å². The minimum Gasteiger partial charge on any atom is -0.389 e. The SMILES string of the molecule is CC(C)CCN(Cc1cccn1Cc1cccc(F)c1)CC(O)COCc1ccccc1. The highest BCUT2D eigenvalue weighted by Gasteiger charge is 2.15. The van der Waals surface area contributed by atoms with E-state index < -0.39 is 6.10 Å². The van der Waals surface area contributed by atoms with Gasteiger partial charge in [0, 0.05) is 31.5 Å². The van der Waals surface area contributed by atoms with Crippen LogP contribution in [0.4, 0.5) is 4.39 Å². The molecule has 2 aromatic carbocycles. The molecular weight excluding hydrogens is 403 g/mol. The summed E-state index contributed by atoms with van der Waals surface area (Å²) >= 11 is 0. The smallest absolute Gasteiger partial charge is 0.123 e. The van der Waals surface area contributed by atoms with Crippen LogP contribution in [0.15, 0.2) is 72.9 Å². The number of hydrogen-bond acceptors (Lipinski definition) is 3. The lowest BCUT2D eigenvalue weighted by Gasteiger charge is -2.26. The second-order valence-electron chi connectivity index (χ2n) is 8.83. The molecule has 32 heavy (non-hydrogen) atoms. The van der Waals surface area contributed by atoms with Crippen LogP contribution in [-0.4, -0.2) is 40.4 Å². The van der Waals surface area contributed by atoms with E-state index in [4.69, 9.17) is 4.74 Å². The number of halogens is 1. The molecular formula is C27H35FN2O2. The second kappa shape index (κ2) is 12.5. The molecule has 0 saturated carbocycles. The molecule has 0 amide bonds. The molecule has 4 nitrogen and oxygen atoms in total. The van der Waals surface area contributed by atoms with Crippen molar-refractivity contribution in [2.75, 3.05) is 19.7 Å². The Labute approximate surface area is 191 Å². The normalized spacial score (nSPS) is 12.6. The van der Waals surface area contributed by atoms with Crippen molar-refractivity contribution < 1.29 is 14.2 Å². The molecule has 1 atom stereocenters. The summed E-state index contributed by atoms with van der Waals surface area (Å²) in [6.45, 7) is 8.03. The molecule has 3 rings (SSSR count). The van der Waals surface area contributed by atoms with E-state index in [1.54, 1.807) is 12.1 Å². The number of nitrogens with zero attached hydrogens (tertiary/aromatic N) is 2. The first-order valence-corrected chi connectivity index (χ1v) is 11.4. The highest BCUT2D eigenvalue weighted by Crippen LogP contribution is 2.14. The van der Waals surface area contributed by atoms with Gasteiger partial charge in [-0.05, 0) is 54.3 Å². The van der Waals surface area contributed by atoms with Gasteiger partial charge in [0.25, 0.3) is 0 Å². The highest BCUT2D eigenvalue weighted by atomic mass is 19.1. The number of rotatable bonds is 13. The van der Waals surface area contributed by atoms with E-state index >= 15 is 0 Å². The molecule has 0 radical (unpaired) electrons. The van der Waals surface area contributed by atoms with Crippen LogP contribution < -0.4 is 0 Å². The maximum atomic E-state index is 13.6. The summed E-state index contributed by atoms with van der Waals surface area (Å²) in [5.41, 5.74) is 3.19. The van der Waals surface area contributed by atoms with Crippen LogP contribution in [0, 0.1) is 11.7 Å². The summed E-state index contributed by atoms with van der Waals surface area (Å²) in [6, 6.07) is 20.9. The first kappa shape index (κ1) is 24.2. The van der Waals surface area contributed by atoms with Crippen LogP contribution in [0.1, 0.15) is 37.1 Å². The average Bonchev–Trinajstić information content (AvgIpc) is 3.19. The van der Waals surface area contributed by atoms with Crippen LogP contribution in [0.5, 0.6) is 0 Å². The van der Waals surface area contributed by atoms with Crippen LogP contribution in [0.2, 0.25) is 0 Å². The Morgan fingerprint density at radius 3 is 2.53 bits per heavy atom. The summed E-state index contributed by atoms with van der Waals surface area (Å²) in [5, 5.41) is 10.6. The summed E-state index contributed by atoms with van der Waals surface area (Å²) in [4.78, 5) is 2.29. The monoisotopic (exact) mass is 438 g/mol. The van der Waals surface area contributed by atoms with Gasteiger partial charge in [-0.3, -0.25) is 4.90 Å². The van der Waals surface area contributed by atoms with Crippen LogP contribution in [0.25, 0.3) is 0 Å². The van der Waals surface area contributed by atoms with E-state index in [-0.39, 0.29) is 5.82 Å². The third kappa shape index (κ3) is 8.23. The zero-order valence-electron chi connectivity index (χ0n) is 19.2. The van der Waals surface area contributed by atoms with Gasteiger partial charge in [-0.25, -0.2) is 4.39 Å². The number of benzene rings is 2. The Bertz CT molecular complexity index is 926. The van der Waals surface area contributed by atoms with E-state index in [2.05, 4.69) is 29.4 Å². The molecule has 0 aliphatic heterocycles. The van der Waals surface area contributed by atoms with Crippen molar-refractivity contribution in [1.82, 2.24) is 9.47 Å². The van der Waals surface area contributed by atoms with Gasteiger partial charge in [-0.2, -0.15) is 0 Å². The Hall–Kier alpha value is -2.47. The molecule has 172 valence electrons. The Balaban J connectivity index is 1.57. The fraction of sp³-hybridized carbons (Fsp3) is 0.407. The predicted molar refractivity (Wildman–Crippen MR) is 127 cm³/mol. The summed E-state index contributed by atoms with van der Waals surface area (Å²) in [5.74, 6) is 0.372. The molecule has 1 heterocycles. The van der Waals surface area contributed by atoms with E-state index in [1.807, 2.05) is 48.7 Å². The summed E-state index contributed by atoms with van der Waals surface area (Å²) in [6.07, 6.45) is 2.53. The third-order valence-electron chi connectivity index (χ3n) is 5.46. The van der Waals surface area contributed by atoms with Crippen molar-refractivity contribution >= 4 is 0 Å². The molecule has 1 unspecified atom stereocenters. The number of aliphatic hydroxyl groups excluding tert-OH is 1. The number of aliphatic hydroxyl groups is 1. The number of aromatic nitrogens is 1. The molecule has 0 spiro atoms. The predicted octanol–water partition coefficient (Wildman–Crippen LogP) is 5.10. The fourth-order valence-corrected chi connectivity index (χ4v) is 3.72. The minimum atomic E-state index is -0.558. The highest BCUT2D eigenvalue weighted by molar-refractivity contribution is 5.19. The van der Waals surface area contributed by atoms with Gasteiger partial charge in [0.1, 0.15) is 5.82 Å².